The lowest BCUT2D eigenvalue weighted by molar-refractivity contribution is -0.176. The van der Waals surface area contributed by atoms with E-state index in [1.54, 1.807) is 6.92 Å². The van der Waals surface area contributed by atoms with E-state index in [2.05, 4.69) is 4.74 Å². The molecule has 0 radical (unpaired) electrons. The van der Waals surface area contributed by atoms with Crippen molar-refractivity contribution in [1.29, 1.82) is 0 Å². The monoisotopic (exact) mass is 166 g/mol. The molecular weight excluding hydrogens is 154 g/mol. The number of hydrogen-bond acceptors (Lipinski definition) is 2. The summed E-state index contributed by atoms with van der Waals surface area (Å²) < 4.78 is 29.4. The zero-order chi connectivity index (χ0) is 9.07. The first-order chi connectivity index (χ1) is 4.96. The average Bonchev–Trinajstić information content (AvgIpc) is 2.01. The van der Waals surface area contributed by atoms with Gasteiger partial charge in [0.2, 0.25) is 0 Å². The van der Waals surface area contributed by atoms with Crippen molar-refractivity contribution in [3.8, 4) is 0 Å². The third-order valence-electron chi connectivity index (χ3n) is 1.69. The molecule has 0 aliphatic carbocycles. The number of carbonyl (C=O) groups excluding carboxylic acids is 1. The first-order valence-electron chi connectivity index (χ1n) is 3.43. The number of carbonyl (C=O) groups is 1. The lowest BCUT2D eigenvalue weighted by Crippen LogP contribution is -2.36. The molecule has 0 aromatic heterocycles. The zero-order valence-corrected chi connectivity index (χ0v) is 6.86. The van der Waals surface area contributed by atoms with Crippen molar-refractivity contribution >= 4 is 5.97 Å². The number of hydrogen-bond donors (Lipinski definition) is 0. The number of halogens is 2. The molecule has 4 heteroatoms. The molecule has 0 fully saturated rings. The summed E-state index contributed by atoms with van der Waals surface area (Å²) in [5.41, 5.74) is 0. The summed E-state index contributed by atoms with van der Waals surface area (Å²) in [4.78, 5) is 10.5. The summed E-state index contributed by atoms with van der Waals surface area (Å²) in [6.07, 6.45) is 0.252. The van der Waals surface area contributed by atoms with Crippen LogP contribution >= 0.6 is 0 Å². The molecule has 0 saturated carbocycles. The first-order valence-corrected chi connectivity index (χ1v) is 3.43. The maximum Gasteiger partial charge on any atom is 0.376 e. The van der Waals surface area contributed by atoms with Crippen molar-refractivity contribution in [1.82, 2.24) is 0 Å². The van der Waals surface area contributed by atoms with Crippen LogP contribution in [0.2, 0.25) is 0 Å². The van der Waals surface area contributed by atoms with Gasteiger partial charge in [0.05, 0.1) is 7.11 Å². The Kier molecular flexibility index (Phi) is 3.42. The van der Waals surface area contributed by atoms with Gasteiger partial charge in [0.1, 0.15) is 0 Å². The van der Waals surface area contributed by atoms with Gasteiger partial charge < -0.3 is 4.74 Å². The molecule has 0 saturated heterocycles. The van der Waals surface area contributed by atoms with Crippen LogP contribution in [-0.2, 0) is 9.53 Å². The summed E-state index contributed by atoms with van der Waals surface area (Å²) in [5.74, 6) is -5.76. The van der Waals surface area contributed by atoms with E-state index in [4.69, 9.17) is 0 Å². The summed E-state index contributed by atoms with van der Waals surface area (Å²) in [7, 11) is 0.957. The molecule has 11 heavy (non-hydrogen) atoms. The lowest BCUT2D eigenvalue weighted by atomic mass is 10.0. The number of ether oxygens (including phenoxy) is 1. The van der Waals surface area contributed by atoms with E-state index in [1.807, 2.05) is 0 Å². The Labute approximate surface area is 64.5 Å². The molecule has 1 unspecified atom stereocenters. The van der Waals surface area contributed by atoms with Crippen LogP contribution in [0.15, 0.2) is 0 Å². The molecule has 0 spiro atoms. The van der Waals surface area contributed by atoms with E-state index in [0.29, 0.717) is 0 Å². The van der Waals surface area contributed by atoms with Gasteiger partial charge in [-0.2, -0.15) is 8.78 Å². The molecule has 0 N–H and O–H groups in total. The van der Waals surface area contributed by atoms with Gasteiger partial charge in [-0.3, -0.25) is 0 Å². The Morgan fingerprint density at radius 3 is 2.36 bits per heavy atom. The fourth-order valence-electron chi connectivity index (χ4n) is 0.594. The maximum atomic E-state index is 12.7. The van der Waals surface area contributed by atoms with E-state index in [-0.39, 0.29) is 6.42 Å². The maximum absolute atomic E-state index is 12.7. The molecule has 0 aliphatic rings. The quantitative estimate of drug-likeness (QED) is 0.598. The van der Waals surface area contributed by atoms with Crippen LogP contribution in [0.4, 0.5) is 8.78 Å². The van der Waals surface area contributed by atoms with Crippen LogP contribution in [0.25, 0.3) is 0 Å². The third-order valence-corrected chi connectivity index (χ3v) is 1.69. The van der Waals surface area contributed by atoms with Gasteiger partial charge in [-0.15, -0.1) is 0 Å². The minimum absolute atomic E-state index is 0.252. The second-order valence-corrected chi connectivity index (χ2v) is 2.42. The SMILES string of the molecule is CCC(C)C(F)(F)C(=O)OC. The number of esters is 1. The van der Waals surface area contributed by atoms with Crippen molar-refractivity contribution in [2.24, 2.45) is 5.92 Å². The lowest BCUT2D eigenvalue weighted by Gasteiger charge is -2.18. The highest BCUT2D eigenvalue weighted by Crippen LogP contribution is 2.27. The molecule has 0 heterocycles. The second kappa shape index (κ2) is 3.64. The van der Waals surface area contributed by atoms with Crippen molar-refractivity contribution in [3.63, 3.8) is 0 Å². The smallest absolute Gasteiger partial charge is 0.376 e. The topological polar surface area (TPSA) is 26.3 Å². The Morgan fingerprint density at radius 2 is 2.09 bits per heavy atom. The third kappa shape index (κ3) is 2.13. The van der Waals surface area contributed by atoms with Gasteiger partial charge in [-0.25, -0.2) is 4.79 Å². The molecule has 0 rings (SSSR count). The van der Waals surface area contributed by atoms with Gasteiger partial charge in [-0.1, -0.05) is 13.8 Å². The van der Waals surface area contributed by atoms with Crippen molar-refractivity contribution < 1.29 is 18.3 Å². The molecule has 0 amide bonds. The van der Waals surface area contributed by atoms with E-state index in [1.165, 1.54) is 6.92 Å². The van der Waals surface area contributed by atoms with Gasteiger partial charge in [0.25, 0.3) is 0 Å². The van der Waals surface area contributed by atoms with Crippen LogP contribution in [0, 0.1) is 5.92 Å². The first kappa shape index (κ1) is 10.3. The van der Waals surface area contributed by atoms with E-state index in [0.717, 1.165) is 7.11 Å². The summed E-state index contributed by atoms with van der Waals surface area (Å²) in [6, 6.07) is 0. The summed E-state index contributed by atoms with van der Waals surface area (Å²) in [5, 5.41) is 0. The molecule has 2 nitrogen and oxygen atoms in total. The van der Waals surface area contributed by atoms with Crippen LogP contribution in [-0.4, -0.2) is 19.0 Å². The molecule has 0 aliphatic heterocycles. The standard InChI is InChI=1S/C7H12F2O2/c1-4-5(2)7(8,9)6(10)11-3/h5H,4H2,1-3H3. The van der Waals surface area contributed by atoms with Gasteiger partial charge in [0.15, 0.2) is 0 Å². The predicted octanol–water partition coefficient (Wildman–Crippen LogP) is 1.84. The molecule has 66 valence electrons. The van der Waals surface area contributed by atoms with Gasteiger partial charge in [0, 0.05) is 5.92 Å². The number of rotatable bonds is 3. The minimum atomic E-state index is -3.34. The molecule has 0 aromatic carbocycles. The van der Waals surface area contributed by atoms with Gasteiger partial charge in [-0.05, 0) is 6.42 Å². The van der Waals surface area contributed by atoms with Crippen LogP contribution < -0.4 is 0 Å². The highest BCUT2D eigenvalue weighted by atomic mass is 19.3. The van der Waals surface area contributed by atoms with Crippen molar-refractivity contribution in [3.05, 3.63) is 0 Å². The summed E-state index contributed by atoms with van der Waals surface area (Å²) >= 11 is 0. The normalized spacial score (nSPS) is 14.3. The Morgan fingerprint density at radius 1 is 1.64 bits per heavy atom. The fraction of sp³-hybridized carbons (Fsp3) is 0.857. The van der Waals surface area contributed by atoms with Crippen molar-refractivity contribution in [2.45, 2.75) is 26.2 Å². The number of methoxy groups -OCH3 is 1. The predicted molar refractivity (Wildman–Crippen MR) is 36.4 cm³/mol. The Bertz CT molecular complexity index is 145. The molecule has 0 bridgehead atoms. The largest absolute Gasteiger partial charge is 0.465 e. The minimum Gasteiger partial charge on any atom is -0.465 e. The average molecular weight is 166 g/mol. The Hall–Kier alpha value is -0.670. The van der Waals surface area contributed by atoms with Crippen LogP contribution in [0.1, 0.15) is 20.3 Å². The van der Waals surface area contributed by atoms with Gasteiger partial charge >= 0.3 is 11.9 Å². The highest BCUT2D eigenvalue weighted by molar-refractivity contribution is 5.77. The molecule has 0 aromatic rings. The highest BCUT2D eigenvalue weighted by Gasteiger charge is 2.44. The number of alkyl halides is 2. The summed E-state index contributed by atoms with van der Waals surface area (Å²) in [6.45, 7) is 2.92. The van der Waals surface area contributed by atoms with Crippen molar-refractivity contribution in [2.75, 3.05) is 7.11 Å². The van der Waals surface area contributed by atoms with E-state index >= 15 is 0 Å². The molecular formula is C7H12F2O2. The zero-order valence-electron chi connectivity index (χ0n) is 6.86. The molecule has 1 atom stereocenters. The van der Waals surface area contributed by atoms with E-state index < -0.39 is 17.8 Å². The van der Waals surface area contributed by atoms with Crippen LogP contribution in [0.3, 0.4) is 0 Å². The van der Waals surface area contributed by atoms with Crippen LogP contribution in [0.5, 0.6) is 0 Å². The van der Waals surface area contributed by atoms with E-state index in [9.17, 15) is 13.6 Å². The Balaban J connectivity index is 4.31. The fourth-order valence-corrected chi connectivity index (χ4v) is 0.594. The second-order valence-electron chi connectivity index (χ2n) is 2.42.